The molecule has 3 heterocycles. The van der Waals surface area contributed by atoms with E-state index in [2.05, 4.69) is 15.2 Å². The van der Waals surface area contributed by atoms with E-state index < -0.39 is 0 Å². The Bertz CT molecular complexity index is 895. The van der Waals surface area contributed by atoms with Gasteiger partial charge in [0.25, 0.3) is 0 Å². The first kappa shape index (κ1) is 21.7. The molecule has 0 aliphatic carbocycles. The lowest BCUT2D eigenvalue weighted by Crippen LogP contribution is -2.36. The fourth-order valence-electron chi connectivity index (χ4n) is 4.08. The zero-order chi connectivity index (χ0) is 21.5. The molecule has 1 aromatic carbocycles. The maximum Gasteiger partial charge on any atom is 0.227 e. The highest BCUT2D eigenvalue weighted by Gasteiger charge is 2.22. The highest BCUT2D eigenvalue weighted by molar-refractivity contribution is 7.99. The number of thioether (sulfide) groups is 1. The minimum absolute atomic E-state index is 0.00590. The molecule has 0 atom stereocenters. The van der Waals surface area contributed by atoms with Crippen LogP contribution in [0.4, 0.5) is 11.5 Å². The Morgan fingerprint density at radius 2 is 1.77 bits per heavy atom. The second-order valence-corrected chi connectivity index (χ2v) is 9.20. The van der Waals surface area contributed by atoms with Gasteiger partial charge in [0.15, 0.2) is 0 Å². The topological polar surface area (TPSA) is 65.5 Å². The first-order valence-electron chi connectivity index (χ1n) is 11.2. The second-order valence-electron chi connectivity index (χ2n) is 8.06. The molecule has 2 aromatic rings. The van der Waals surface area contributed by atoms with Crippen molar-refractivity contribution in [3.8, 4) is 0 Å². The van der Waals surface area contributed by atoms with E-state index in [4.69, 9.17) is 0 Å². The van der Waals surface area contributed by atoms with Gasteiger partial charge in [-0.15, -0.1) is 11.8 Å². The number of carbonyl (C=O) groups excluding carboxylic acids is 2. The van der Waals surface area contributed by atoms with Crippen molar-refractivity contribution in [3.05, 3.63) is 48.2 Å². The van der Waals surface area contributed by atoms with Crippen LogP contribution in [0.1, 0.15) is 44.1 Å². The van der Waals surface area contributed by atoms with Crippen molar-refractivity contribution in [2.75, 3.05) is 35.2 Å². The Morgan fingerprint density at radius 3 is 2.55 bits per heavy atom. The van der Waals surface area contributed by atoms with E-state index in [1.165, 1.54) is 25.7 Å². The highest BCUT2D eigenvalue weighted by atomic mass is 32.2. The fourth-order valence-corrected chi connectivity index (χ4v) is 5.08. The first-order chi connectivity index (χ1) is 15.2. The zero-order valence-corrected chi connectivity index (χ0v) is 18.7. The summed E-state index contributed by atoms with van der Waals surface area (Å²) in [5, 5.41) is 2.92. The highest BCUT2D eigenvalue weighted by Crippen LogP contribution is 2.34. The Morgan fingerprint density at radius 1 is 0.968 bits per heavy atom. The SMILES string of the molecule is O=C(CCC(=O)N1CCSc2ccccc21)NCc1ccc(N2CCCCCC2)nc1. The molecule has 2 aliphatic rings. The molecule has 2 aliphatic heterocycles. The third kappa shape index (κ3) is 5.79. The first-order valence-corrected chi connectivity index (χ1v) is 12.2. The van der Waals surface area contributed by atoms with Crippen LogP contribution in [-0.2, 0) is 16.1 Å². The van der Waals surface area contributed by atoms with Gasteiger partial charge in [0.2, 0.25) is 11.8 Å². The number of benzene rings is 1. The monoisotopic (exact) mass is 438 g/mol. The lowest BCUT2D eigenvalue weighted by molar-refractivity contribution is -0.125. The molecule has 1 saturated heterocycles. The number of pyridine rings is 1. The van der Waals surface area contributed by atoms with Crippen molar-refractivity contribution < 1.29 is 9.59 Å². The van der Waals surface area contributed by atoms with Crippen molar-refractivity contribution in [2.24, 2.45) is 0 Å². The van der Waals surface area contributed by atoms with Gasteiger partial charge in [0.05, 0.1) is 5.69 Å². The molecular weight excluding hydrogens is 408 g/mol. The summed E-state index contributed by atoms with van der Waals surface area (Å²) in [5.74, 6) is 1.80. The summed E-state index contributed by atoms with van der Waals surface area (Å²) < 4.78 is 0. The van der Waals surface area contributed by atoms with E-state index in [9.17, 15) is 9.59 Å². The van der Waals surface area contributed by atoms with Gasteiger partial charge in [-0.2, -0.15) is 0 Å². The summed E-state index contributed by atoms with van der Waals surface area (Å²) >= 11 is 1.77. The molecule has 0 unspecified atom stereocenters. The Balaban J connectivity index is 1.23. The molecular formula is C24H30N4O2S. The van der Waals surface area contributed by atoms with E-state index in [0.29, 0.717) is 13.1 Å². The molecule has 1 aromatic heterocycles. The Hall–Kier alpha value is -2.54. The Labute approximate surface area is 188 Å². The molecule has 0 radical (unpaired) electrons. The van der Waals surface area contributed by atoms with E-state index >= 15 is 0 Å². The zero-order valence-electron chi connectivity index (χ0n) is 17.9. The number of rotatable bonds is 6. The van der Waals surface area contributed by atoms with Gasteiger partial charge >= 0.3 is 0 Å². The summed E-state index contributed by atoms with van der Waals surface area (Å²) in [4.78, 5) is 34.8. The number of carbonyl (C=O) groups is 2. The molecule has 31 heavy (non-hydrogen) atoms. The van der Waals surface area contributed by atoms with Gasteiger partial charge in [-0.25, -0.2) is 4.98 Å². The van der Waals surface area contributed by atoms with Crippen LogP contribution in [0.15, 0.2) is 47.5 Å². The largest absolute Gasteiger partial charge is 0.357 e. The third-order valence-corrected chi connectivity index (χ3v) is 6.87. The molecule has 7 heteroatoms. The van der Waals surface area contributed by atoms with Crippen molar-refractivity contribution in [2.45, 2.75) is 50.0 Å². The number of aromatic nitrogens is 1. The summed E-state index contributed by atoms with van der Waals surface area (Å²) in [6.45, 7) is 3.26. The molecule has 1 N–H and O–H groups in total. The minimum Gasteiger partial charge on any atom is -0.357 e. The van der Waals surface area contributed by atoms with E-state index in [1.54, 1.807) is 11.8 Å². The van der Waals surface area contributed by atoms with Gasteiger partial charge in [0, 0.05) is 55.9 Å². The molecule has 4 rings (SSSR count). The third-order valence-electron chi connectivity index (χ3n) is 5.82. The predicted octanol–water partition coefficient (Wildman–Crippen LogP) is 4.00. The number of amides is 2. The van der Waals surface area contributed by atoms with Crippen LogP contribution in [0.2, 0.25) is 0 Å². The number of hydrogen-bond donors (Lipinski definition) is 1. The molecule has 2 amide bonds. The normalized spacial score (nSPS) is 16.4. The summed E-state index contributed by atoms with van der Waals surface area (Å²) in [7, 11) is 0. The van der Waals surface area contributed by atoms with E-state index in [0.717, 1.165) is 40.8 Å². The maximum absolute atomic E-state index is 12.7. The average Bonchev–Trinajstić information content (AvgIpc) is 3.11. The van der Waals surface area contributed by atoms with Gasteiger partial charge in [-0.3, -0.25) is 9.59 Å². The van der Waals surface area contributed by atoms with Gasteiger partial charge in [0.1, 0.15) is 5.82 Å². The number of nitrogens with zero attached hydrogens (tertiary/aromatic N) is 3. The van der Waals surface area contributed by atoms with Crippen LogP contribution in [0.3, 0.4) is 0 Å². The van der Waals surface area contributed by atoms with Gasteiger partial charge in [-0.05, 0) is 36.6 Å². The predicted molar refractivity (Wildman–Crippen MR) is 126 cm³/mol. The summed E-state index contributed by atoms with van der Waals surface area (Å²) in [5.41, 5.74) is 1.93. The molecule has 0 saturated carbocycles. The number of nitrogens with one attached hydrogen (secondary N) is 1. The molecule has 164 valence electrons. The molecule has 6 nitrogen and oxygen atoms in total. The van der Waals surface area contributed by atoms with Crippen LogP contribution in [0.25, 0.3) is 0 Å². The standard InChI is InChI=1S/C24H30N4O2S/c29-23(11-12-24(30)28-15-16-31-21-8-4-3-7-20(21)28)26-18-19-9-10-22(25-17-19)27-13-5-1-2-6-14-27/h3-4,7-10,17H,1-2,5-6,11-16,18H2,(H,26,29). The van der Waals surface area contributed by atoms with E-state index in [-0.39, 0.29) is 24.7 Å². The lowest BCUT2D eigenvalue weighted by atomic mass is 10.2. The Kier molecular flexibility index (Phi) is 7.46. The van der Waals surface area contributed by atoms with Crippen LogP contribution in [0, 0.1) is 0 Å². The quantitative estimate of drug-likeness (QED) is 0.739. The maximum atomic E-state index is 12.7. The van der Waals surface area contributed by atoms with Crippen molar-refractivity contribution >= 4 is 35.1 Å². The fraction of sp³-hybridized carbons (Fsp3) is 0.458. The lowest BCUT2D eigenvalue weighted by Gasteiger charge is -2.29. The molecule has 1 fully saturated rings. The molecule has 0 spiro atoms. The number of anilines is 2. The number of para-hydroxylation sites is 1. The number of fused-ring (bicyclic) bond motifs is 1. The summed E-state index contributed by atoms with van der Waals surface area (Å²) in [6.07, 6.45) is 7.30. The van der Waals surface area contributed by atoms with Crippen LogP contribution < -0.4 is 15.1 Å². The van der Waals surface area contributed by atoms with Crippen LogP contribution in [-0.4, -0.2) is 42.2 Å². The van der Waals surface area contributed by atoms with Crippen molar-refractivity contribution in [1.29, 1.82) is 0 Å². The summed E-state index contributed by atoms with van der Waals surface area (Å²) in [6, 6.07) is 12.0. The van der Waals surface area contributed by atoms with Crippen LogP contribution >= 0.6 is 11.8 Å². The van der Waals surface area contributed by atoms with Crippen LogP contribution in [0.5, 0.6) is 0 Å². The van der Waals surface area contributed by atoms with Gasteiger partial charge < -0.3 is 15.1 Å². The van der Waals surface area contributed by atoms with Crippen molar-refractivity contribution in [1.82, 2.24) is 10.3 Å². The van der Waals surface area contributed by atoms with Crippen molar-refractivity contribution in [3.63, 3.8) is 0 Å². The second kappa shape index (κ2) is 10.7. The molecule has 0 bridgehead atoms. The smallest absolute Gasteiger partial charge is 0.227 e. The number of hydrogen-bond acceptors (Lipinski definition) is 5. The average molecular weight is 439 g/mol. The van der Waals surface area contributed by atoms with E-state index in [1.807, 2.05) is 47.5 Å². The van der Waals surface area contributed by atoms with Gasteiger partial charge in [-0.1, -0.05) is 31.0 Å². The minimum atomic E-state index is -0.107.